The van der Waals surface area contributed by atoms with Crippen molar-refractivity contribution in [2.24, 2.45) is 0 Å². The second-order valence-electron chi connectivity index (χ2n) is 7.91. The van der Waals surface area contributed by atoms with E-state index in [0.717, 1.165) is 26.2 Å². The normalized spacial score (nSPS) is 16.2. The molecule has 4 nitrogen and oxygen atoms in total. The van der Waals surface area contributed by atoms with Crippen LogP contribution in [0.2, 0.25) is 0 Å². The number of aromatic amines is 1. The summed E-state index contributed by atoms with van der Waals surface area (Å²) in [6.45, 7) is 6.55. The highest BCUT2D eigenvalue weighted by Crippen LogP contribution is 2.30. The summed E-state index contributed by atoms with van der Waals surface area (Å²) in [5.41, 5.74) is 6.52. The Hall–Kier alpha value is -3.11. The molecule has 1 fully saturated rings. The van der Waals surface area contributed by atoms with Crippen molar-refractivity contribution in [1.82, 2.24) is 9.97 Å². The quantitative estimate of drug-likeness (QED) is 0.567. The first-order valence-corrected chi connectivity index (χ1v) is 10.4. The lowest BCUT2D eigenvalue weighted by molar-refractivity contribution is -0.926. The van der Waals surface area contributed by atoms with Gasteiger partial charge in [-0.3, -0.25) is 4.98 Å². The monoisotopic (exact) mass is 383 g/mol. The van der Waals surface area contributed by atoms with Gasteiger partial charge in [-0.2, -0.15) is 0 Å². The van der Waals surface area contributed by atoms with Crippen LogP contribution in [-0.2, 0) is 0 Å². The van der Waals surface area contributed by atoms with Crippen LogP contribution in [0.25, 0.3) is 10.9 Å². The minimum absolute atomic E-state index is 0.290. The highest BCUT2D eigenvalue weighted by atomic mass is 15.3. The van der Waals surface area contributed by atoms with Crippen LogP contribution in [0.3, 0.4) is 0 Å². The predicted octanol–water partition coefficient (Wildman–Crippen LogP) is 3.37. The zero-order valence-electron chi connectivity index (χ0n) is 16.8. The Bertz CT molecular complexity index is 1080. The van der Waals surface area contributed by atoms with Gasteiger partial charge < -0.3 is 14.8 Å². The summed E-state index contributed by atoms with van der Waals surface area (Å²) < 4.78 is 0. The van der Waals surface area contributed by atoms with E-state index < -0.39 is 0 Å². The summed E-state index contributed by atoms with van der Waals surface area (Å²) in [7, 11) is 0. The molecule has 2 N–H and O–H groups in total. The average Bonchev–Trinajstić information content (AvgIpc) is 3.12. The molecular formula is C25H27N4+. The summed E-state index contributed by atoms with van der Waals surface area (Å²) in [6, 6.07) is 24.0. The molecule has 0 saturated carbocycles. The molecule has 0 unspecified atom stereocenters. The number of nitrogens with one attached hydrogen (secondary N) is 2. The fourth-order valence-electron chi connectivity index (χ4n) is 4.80. The summed E-state index contributed by atoms with van der Waals surface area (Å²) in [5.74, 6) is 0. The highest BCUT2D eigenvalue weighted by molar-refractivity contribution is 5.85. The molecule has 4 aromatic rings. The highest BCUT2D eigenvalue weighted by Gasteiger charge is 2.33. The van der Waals surface area contributed by atoms with Gasteiger partial charge in [-0.15, -0.1) is 0 Å². The fraction of sp³-hybridized carbons (Fsp3) is 0.240. The molecule has 146 valence electrons. The zero-order valence-corrected chi connectivity index (χ0v) is 16.8. The molecule has 1 aliphatic heterocycles. The second-order valence-corrected chi connectivity index (χ2v) is 7.91. The second kappa shape index (κ2) is 7.72. The SMILES string of the molecule is Cc1[nH]c2ccccc2c1[C@@H](c1cccnc1)[NH+]1CCN(c2ccccc2)CC1. The van der Waals surface area contributed by atoms with Crippen molar-refractivity contribution in [2.45, 2.75) is 13.0 Å². The molecule has 1 aliphatic rings. The number of pyridine rings is 1. The predicted molar refractivity (Wildman–Crippen MR) is 118 cm³/mol. The minimum atomic E-state index is 0.290. The number of quaternary nitrogens is 1. The van der Waals surface area contributed by atoms with Crippen LogP contribution in [0.5, 0.6) is 0 Å². The van der Waals surface area contributed by atoms with Crippen molar-refractivity contribution in [3.8, 4) is 0 Å². The van der Waals surface area contributed by atoms with Crippen LogP contribution in [0.4, 0.5) is 5.69 Å². The van der Waals surface area contributed by atoms with Crippen LogP contribution >= 0.6 is 0 Å². The molecule has 2 aromatic heterocycles. The maximum absolute atomic E-state index is 4.45. The topological polar surface area (TPSA) is 36.4 Å². The van der Waals surface area contributed by atoms with Crippen LogP contribution in [-0.4, -0.2) is 36.1 Å². The number of nitrogens with zero attached hydrogens (tertiary/aromatic N) is 2. The summed E-state index contributed by atoms with van der Waals surface area (Å²) in [4.78, 5) is 12.2. The molecule has 0 bridgehead atoms. The number of aromatic nitrogens is 2. The van der Waals surface area contributed by atoms with E-state index >= 15 is 0 Å². The lowest BCUT2D eigenvalue weighted by Gasteiger charge is -2.38. The molecule has 5 rings (SSSR count). The number of aryl methyl sites for hydroxylation is 1. The number of H-pyrrole nitrogens is 1. The Labute approximate surface area is 171 Å². The van der Waals surface area contributed by atoms with Gasteiger partial charge in [0.05, 0.1) is 26.2 Å². The maximum Gasteiger partial charge on any atom is 0.143 e. The molecule has 4 heteroatoms. The molecule has 0 amide bonds. The largest absolute Gasteiger partial charge is 0.360 e. The van der Waals surface area contributed by atoms with E-state index in [2.05, 4.69) is 88.5 Å². The maximum atomic E-state index is 4.45. The van der Waals surface area contributed by atoms with E-state index in [-0.39, 0.29) is 6.04 Å². The number of hydrogen-bond acceptors (Lipinski definition) is 2. The Kier molecular flexibility index (Phi) is 4.78. The molecule has 1 saturated heterocycles. The van der Waals surface area contributed by atoms with Crippen molar-refractivity contribution in [3.63, 3.8) is 0 Å². The molecule has 29 heavy (non-hydrogen) atoms. The standard InChI is InChI=1S/C25H26N4/c1-19-24(22-11-5-6-12-23(22)27-19)25(20-8-7-13-26-18-20)29-16-14-28(15-17-29)21-9-3-2-4-10-21/h2-13,18,25,27H,14-17H2,1H3/p+1/t25-/m1/s1. The third kappa shape index (κ3) is 3.40. The minimum Gasteiger partial charge on any atom is -0.360 e. The van der Waals surface area contributed by atoms with Gasteiger partial charge in [-0.1, -0.05) is 36.4 Å². The number of hydrogen-bond donors (Lipinski definition) is 2. The smallest absolute Gasteiger partial charge is 0.143 e. The average molecular weight is 384 g/mol. The van der Waals surface area contributed by atoms with Gasteiger partial charge in [0, 0.05) is 45.8 Å². The van der Waals surface area contributed by atoms with Gasteiger partial charge in [-0.05, 0) is 37.3 Å². The number of benzene rings is 2. The lowest BCUT2D eigenvalue weighted by Crippen LogP contribution is -3.15. The molecule has 3 heterocycles. The molecule has 0 spiro atoms. The Balaban J connectivity index is 1.50. The van der Waals surface area contributed by atoms with Crippen molar-refractivity contribution in [3.05, 3.63) is 95.9 Å². The molecule has 1 atom stereocenters. The van der Waals surface area contributed by atoms with E-state index in [9.17, 15) is 0 Å². The third-order valence-electron chi connectivity index (χ3n) is 6.19. The first-order valence-electron chi connectivity index (χ1n) is 10.4. The van der Waals surface area contributed by atoms with Crippen molar-refractivity contribution in [2.75, 3.05) is 31.1 Å². The zero-order chi connectivity index (χ0) is 19.6. The van der Waals surface area contributed by atoms with E-state index in [4.69, 9.17) is 0 Å². The van der Waals surface area contributed by atoms with Crippen molar-refractivity contribution >= 4 is 16.6 Å². The van der Waals surface area contributed by atoms with E-state index in [1.165, 1.54) is 33.4 Å². The Morgan fingerprint density at radius 3 is 2.45 bits per heavy atom. The summed E-state index contributed by atoms with van der Waals surface area (Å²) in [5, 5.41) is 1.33. The molecular weight excluding hydrogens is 356 g/mol. The van der Waals surface area contributed by atoms with Crippen LogP contribution in [0.1, 0.15) is 22.9 Å². The molecule has 0 aliphatic carbocycles. The Morgan fingerprint density at radius 2 is 1.69 bits per heavy atom. The van der Waals surface area contributed by atoms with Gasteiger partial charge in [-0.25, -0.2) is 0 Å². The van der Waals surface area contributed by atoms with Crippen molar-refractivity contribution < 1.29 is 4.90 Å². The number of anilines is 1. The van der Waals surface area contributed by atoms with Crippen LogP contribution in [0.15, 0.2) is 79.1 Å². The summed E-state index contributed by atoms with van der Waals surface area (Å²) >= 11 is 0. The first kappa shape index (κ1) is 18.0. The van der Waals surface area contributed by atoms with Crippen LogP contribution < -0.4 is 9.80 Å². The van der Waals surface area contributed by atoms with E-state index in [0.29, 0.717) is 0 Å². The van der Waals surface area contributed by atoms with Gasteiger partial charge >= 0.3 is 0 Å². The van der Waals surface area contributed by atoms with Gasteiger partial charge in [0.1, 0.15) is 6.04 Å². The van der Waals surface area contributed by atoms with E-state index in [1.54, 1.807) is 4.90 Å². The lowest BCUT2D eigenvalue weighted by atomic mass is 9.95. The van der Waals surface area contributed by atoms with Gasteiger partial charge in [0.2, 0.25) is 0 Å². The van der Waals surface area contributed by atoms with Crippen molar-refractivity contribution in [1.29, 1.82) is 0 Å². The first-order chi connectivity index (χ1) is 14.3. The fourth-order valence-corrected chi connectivity index (χ4v) is 4.80. The Morgan fingerprint density at radius 1 is 0.931 bits per heavy atom. The van der Waals surface area contributed by atoms with E-state index in [1.807, 2.05) is 12.4 Å². The van der Waals surface area contributed by atoms with Crippen LogP contribution in [0, 0.1) is 6.92 Å². The molecule has 0 radical (unpaired) electrons. The third-order valence-corrected chi connectivity index (χ3v) is 6.19. The van der Waals surface area contributed by atoms with Gasteiger partial charge in [0.25, 0.3) is 0 Å². The van der Waals surface area contributed by atoms with Gasteiger partial charge in [0.15, 0.2) is 0 Å². The number of piperazine rings is 1. The number of para-hydroxylation sites is 2. The number of fused-ring (bicyclic) bond motifs is 1. The molecule has 2 aromatic carbocycles. The number of rotatable bonds is 4. The summed E-state index contributed by atoms with van der Waals surface area (Å²) in [6.07, 6.45) is 3.91.